The Hall–Kier alpha value is -0.610. The van der Waals surface area contributed by atoms with Crippen LogP contribution in [-0.4, -0.2) is 42.3 Å². The number of rotatable bonds is 5. The number of hydrogen-bond acceptors (Lipinski definition) is 3. The number of nitrogens with one attached hydrogen (secondary N) is 1. The Morgan fingerprint density at radius 3 is 2.65 bits per heavy atom. The average molecular weight is 240 g/mol. The molecule has 2 unspecified atom stereocenters. The van der Waals surface area contributed by atoms with Crippen LogP contribution in [0.1, 0.15) is 46.0 Å². The summed E-state index contributed by atoms with van der Waals surface area (Å²) in [6, 6.07) is 0.443. The third kappa shape index (κ3) is 2.33. The van der Waals surface area contributed by atoms with E-state index in [4.69, 9.17) is 4.74 Å². The SMILES string of the molecule is CCCC1NC(CC)N(C2CC(OC)C2)C1=O. The predicted octanol–water partition coefficient (Wildman–Crippen LogP) is 1.50. The molecule has 0 aromatic rings. The molecule has 1 amide bonds. The van der Waals surface area contributed by atoms with Crippen LogP contribution in [0.25, 0.3) is 0 Å². The van der Waals surface area contributed by atoms with Gasteiger partial charge in [0, 0.05) is 13.2 Å². The lowest BCUT2D eigenvalue weighted by Crippen LogP contribution is -2.52. The van der Waals surface area contributed by atoms with Gasteiger partial charge in [0.25, 0.3) is 0 Å². The van der Waals surface area contributed by atoms with E-state index in [-0.39, 0.29) is 12.2 Å². The molecule has 1 aliphatic heterocycles. The summed E-state index contributed by atoms with van der Waals surface area (Å²) in [6.45, 7) is 4.27. The summed E-state index contributed by atoms with van der Waals surface area (Å²) in [7, 11) is 1.75. The first-order valence-corrected chi connectivity index (χ1v) is 6.82. The summed E-state index contributed by atoms with van der Waals surface area (Å²) >= 11 is 0. The second-order valence-electron chi connectivity index (χ2n) is 5.16. The number of methoxy groups -OCH3 is 1. The van der Waals surface area contributed by atoms with Crippen molar-refractivity contribution in [1.29, 1.82) is 0 Å². The molecule has 0 bridgehead atoms. The van der Waals surface area contributed by atoms with E-state index in [0.717, 1.165) is 32.1 Å². The van der Waals surface area contributed by atoms with Crippen LogP contribution >= 0.6 is 0 Å². The second-order valence-corrected chi connectivity index (χ2v) is 5.16. The highest BCUT2D eigenvalue weighted by molar-refractivity contribution is 5.84. The Kier molecular flexibility index (Phi) is 4.05. The predicted molar refractivity (Wildman–Crippen MR) is 66.6 cm³/mol. The summed E-state index contributed by atoms with van der Waals surface area (Å²) < 4.78 is 5.30. The molecule has 2 rings (SSSR count). The van der Waals surface area contributed by atoms with Crippen molar-refractivity contribution in [2.75, 3.05) is 7.11 Å². The highest BCUT2D eigenvalue weighted by atomic mass is 16.5. The topological polar surface area (TPSA) is 41.6 Å². The normalized spacial score (nSPS) is 37.4. The lowest BCUT2D eigenvalue weighted by molar-refractivity contribution is -0.137. The van der Waals surface area contributed by atoms with Gasteiger partial charge in [-0.15, -0.1) is 0 Å². The minimum absolute atomic E-state index is 0.0477. The summed E-state index contributed by atoms with van der Waals surface area (Å²) in [6.07, 6.45) is 5.58. The van der Waals surface area contributed by atoms with Gasteiger partial charge in [0.05, 0.1) is 18.3 Å². The zero-order chi connectivity index (χ0) is 12.4. The number of nitrogens with zero attached hydrogens (tertiary/aromatic N) is 1. The zero-order valence-corrected chi connectivity index (χ0v) is 11.1. The molecule has 2 fully saturated rings. The van der Waals surface area contributed by atoms with Crippen molar-refractivity contribution in [1.82, 2.24) is 10.2 Å². The lowest BCUT2D eigenvalue weighted by atomic mass is 9.87. The van der Waals surface area contributed by atoms with Crippen LogP contribution in [0.2, 0.25) is 0 Å². The Bertz CT molecular complexity index is 277. The molecule has 1 aliphatic carbocycles. The molecule has 0 aromatic carbocycles. The monoisotopic (exact) mass is 240 g/mol. The lowest BCUT2D eigenvalue weighted by Gasteiger charge is -2.42. The molecule has 98 valence electrons. The van der Waals surface area contributed by atoms with Crippen LogP contribution in [0, 0.1) is 0 Å². The molecular weight excluding hydrogens is 216 g/mol. The average Bonchev–Trinajstić information content (AvgIpc) is 2.57. The van der Waals surface area contributed by atoms with E-state index in [1.165, 1.54) is 0 Å². The van der Waals surface area contributed by atoms with Crippen molar-refractivity contribution in [3.05, 3.63) is 0 Å². The Morgan fingerprint density at radius 2 is 2.12 bits per heavy atom. The van der Waals surface area contributed by atoms with Crippen LogP contribution in [0.15, 0.2) is 0 Å². The van der Waals surface area contributed by atoms with Gasteiger partial charge in [-0.3, -0.25) is 10.1 Å². The molecule has 0 aromatic heterocycles. The number of hydrogen-bond donors (Lipinski definition) is 1. The fraction of sp³-hybridized carbons (Fsp3) is 0.923. The molecular formula is C13H24N2O2. The van der Waals surface area contributed by atoms with Crippen molar-refractivity contribution in [2.45, 2.75) is 70.3 Å². The van der Waals surface area contributed by atoms with E-state index in [1.807, 2.05) is 0 Å². The van der Waals surface area contributed by atoms with Gasteiger partial charge >= 0.3 is 0 Å². The Balaban J connectivity index is 1.97. The third-order valence-corrected chi connectivity index (χ3v) is 4.04. The molecule has 2 aliphatic rings. The van der Waals surface area contributed by atoms with Gasteiger partial charge in [-0.25, -0.2) is 0 Å². The van der Waals surface area contributed by atoms with Gasteiger partial charge < -0.3 is 9.64 Å². The minimum atomic E-state index is 0.0477. The van der Waals surface area contributed by atoms with Crippen LogP contribution in [0.3, 0.4) is 0 Å². The first-order valence-electron chi connectivity index (χ1n) is 6.82. The molecule has 2 atom stereocenters. The maximum absolute atomic E-state index is 12.3. The second kappa shape index (κ2) is 5.36. The molecule has 1 N–H and O–H groups in total. The van der Waals surface area contributed by atoms with E-state index in [9.17, 15) is 4.79 Å². The number of carbonyl (C=O) groups excluding carboxylic acids is 1. The van der Waals surface area contributed by atoms with E-state index < -0.39 is 0 Å². The first-order chi connectivity index (χ1) is 8.21. The Labute approximate surface area is 104 Å². The number of amides is 1. The largest absolute Gasteiger partial charge is 0.381 e. The standard InChI is InChI=1S/C13H24N2O2/c1-4-6-11-13(16)15(12(5-2)14-11)9-7-10(8-9)17-3/h9-12,14H,4-8H2,1-3H3. The van der Waals surface area contributed by atoms with Crippen molar-refractivity contribution in [3.8, 4) is 0 Å². The molecule has 0 spiro atoms. The van der Waals surface area contributed by atoms with Crippen LogP contribution in [0.5, 0.6) is 0 Å². The Morgan fingerprint density at radius 1 is 1.41 bits per heavy atom. The summed E-state index contributed by atoms with van der Waals surface area (Å²) in [5, 5.41) is 3.46. The molecule has 17 heavy (non-hydrogen) atoms. The fourth-order valence-electron chi connectivity index (χ4n) is 2.92. The van der Waals surface area contributed by atoms with Gasteiger partial charge in [-0.1, -0.05) is 20.3 Å². The summed E-state index contributed by atoms with van der Waals surface area (Å²) in [5.41, 5.74) is 0. The molecule has 4 heteroatoms. The summed E-state index contributed by atoms with van der Waals surface area (Å²) in [4.78, 5) is 14.4. The molecule has 1 saturated carbocycles. The third-order valence-electron chi connectivity index (χ3n) is 4.04. The van der Waals surface area contributed by atoms with Gasteiger partial charge in [-0.2, -0.15) is 0 Å². The van der Waals surface area contributed by atoms with E-state index in [2.05, 4.69) is 24.1 Å². The van der Waals surface area contributed by atoms with Crippen LogP contribution < -0.4 is 5.32 Å². The van der Waals surface area contributed by atoms with Crippen molar-refractivity contribution < 1.29 is 9.53 Å². The van der Waals surface area contributed by atoms with Crippen LogP contribution in [-0.2, 0) is 9.53 Å². The number of carbonyl (C=O) groups is 1. The molecule has 4 nitrogen and oxygen atoms in total. The smallest absolute Gasteiger partial charge is 0.241 e. The van der Waals surface area contributed by atoms with Gasteiger partial charge in [-0.05, 0) is 25.7 Å². The minimum Gasteiger partial charge on any atom is -0.381 e. The van der Waals surface area contributed by atoms with Crippen molar-refractivity contribution >= 4 is 5.91 Å². The maximum atomic E-state index is 12.3. The van der Waals surface area contributed by atoms with E-state index >= 15 is 0 Å². The highest BCUT2D eigenvalue weighted by Gasteiger charge is 2.45. The van der Waals surface area contributed by atoms with Crippen molar-refractivity contribution in [2.24, 2.45) is 0 Å². The van der Waals surface area contributed by atoms with Crippen LogP contribution in [0.4, 0.5) is 0 Å². The quantitative estimate of drug-likeness (QED) is 0.792. The van der Waals surface area contributed by atoms with Gasteiger partial charge in [0.1, 0.15) is 0 Å². The van der Waals surface area contributed by atoms with Crippen molar-refractivity contribution in [3.63, 3.8) is 0 Å². The number of ether oxygens (including phenoxy) is 1. The molecule has 1 saturated heterocycles. The first kappa shape index (κ1) is 12.8. The van der Waals surface area contributed by atoms with E-state index in [0.29, 0.717) is 18.1 Å². The molecule has 0 radical (unpaired) electrons. The summed E-state index contributed by atoms with van der Waals surface area (Å²) in [5.74, 6) is 0.304. The molecule has 1 heterocycles. The van der Waals surface area contributed by atoms with Gasteiger partial charge in [0.15, 0.2) is 0 Å². The van der Waals surface area contributed by atoms with E-state index in [1.54, 1.807) is 7.11 Å². The van der Waals surface area contributed by atoms with Gasteiger partial charge in [0.2, 0.25) is 5.91 Å². The maximum Gasteiger partial charge on any atom is 0.241 e. The highest BCUT2D eigenvalue weighted by Crippen LogP contribution is 2.32. The zero-order valence-electron chi connectivity index (χ0n) is 11.1. The fourth-order valence-corrected chi connectivity index (χ4v) is 2.92.